The number of nitrogens with one attached hydrogen (secondary N) is 1. The highest BCUT2D eigenvalue weighted by Crippen LogP contribution is 2.29. The molecule has 3 N–H and O–H groups in total. The Labute approximate surface area is 120 Å². The summed E-state index contributed by atoms with van der Waals surface area (Å²) in [6, 6.07) is 8.79. The summed E-state index contributed by atoms with van der Waals surface area (Å²) < 4.78 is 26.6. The minimum atomic E-state index is -4.07. The number of hydrogen-bond acceptors (Lipinski definition) is 6. The topological polar surface area (TPSA) is 128 Å². The molecule has 9 heteroatoms. The summed E-state index contributed by atoms with van der Waals surface area (Å²) in [5, 5.41) is 11.0. The van der Waals surface area contributed by atoms with E-state index in [2.05, 4.69) is 9.71 Å². The van der Waals surface area contributed by atoms with Crippen LogP contribution in [0.1, 0.15) is 5.69 Å². The Morgan fingerprint density at radius 3 is 2.62 bits per heavy atom. The van der Waals surface area contributed by atoms with Crippen LogP contribution in [0.15, 0.2) is 47.5 Å². The third kappa shape index (κ3) is 3.33. The Morgan fingerprint density at radius 1 is 1.24 bits per heavy atom. The molecule has 0 saturated carbocycles. The molecular formula is C12H12N4O4S. The van der Waals surface area contributed by atoms with Crippen molar-refractivity contribution in [3.63, 3.8) is 0 Å². The van der Waals surface area contributed by atoms with Crippen molar-refractivity contribution in [2.24, 2.45) is 0 Å². The fraction of sp³-hybridized carbons (Fsp3) is 0.0833. The Kier molecular flexibility index (Phi) is 4.15. The van der Waals surface area contributed by atoms with Crippen molar-refractivity contribution in [3.8, 4) is 0 Å². The normalized spacial score (nSPS) is 11.2. The van der Waals surface area contributed by atoms with Gasteiger partial charge in [0.05, 0.1) is 17.2 Å². The van der Waals surface area contributed by atoms with Crippen LogP contribution in [0, 0.1) is 10.1 Å². The van der Waals surface area contributed by atoms with Crippen molar-refractivity contribution in [2.45, 2.75) is 11.4 Å². The van der Waals surface area contributed by atoms with Crippen molar-refractivity contribution in [2.75, 3.05) is 5.73 Å². The summed E-state index contributed by atoms with van der Waals surface area (Å²) in [7, 11) is -4.07. The second-order valence-corrected chi connectivity index (χ2v) is 5.83. The van der Waals surface area contributed by atoms with Crippen LogP contribution >= 0.6 is 0 Å². The summed E-state index contributed by atoms with van der Waals surface area (Å²) in [5.74, 6) is 0. The third-order valence-corrected chi connectivity index (χ3v) is 4.10. The van der Waals surface area contributed by atoms with Crippen molar-refractivity contribution in [3.05, 3.63) is 58.4 Å². The van der Waals surface area contributed by atoms with Gasteiger partial charge >= 0.3 is 5.69 Å². The first-order valence-electron chi connectivity index (χ1n) is 5.84. The average molecular weight is 308 g/mol. The minimum Gasteiger partial charge on any atom is -0.393 e. The number of nitrogens with zero attached hydrogens (tertiary/aromatic N) is 2. The van der Waals surface area contributed by atoms with Crippen molar-refractivity contribution in [1.29, 1.82) is 0 Å². The lowest BCUT2D eigenvalue weighted by Crippen LogP contribution is -2.24. The molecule has 0 saturated heterocycles. The van der Waals surface area contributed by atoms with Gasteiger partial charge in [0.15, 0.2) is 4.90 Å². The zero-order chi connectivity index (χ0) is 15.5. The lowest BCUT2D eigenvalue weighted by atomic mass is 10.3. The number of pyridine rings is 1. The molecule has 0 aliphatic heterocycles. The van der Waals surface area contributed by atoms with Gasteiger partial charge in [-0.05, 0) is 24.3 Å². The molecule has 0 aliphatic carbocycles. The lowest BCUT2D eigenvalue weighted by molar-refractivity contribution is -0.386. The average Bonchev–Trinajstić information content (AvgIpc) is 2.46. The SMILES string of the molecule is Nc1cccc(S(=O)(=O)NCc2ccccn2)c1[N+](=O)[O-]. The first-order chi connectivity index (χ1) is 9.92. The van der Waals surface area contributed by atoms with Gasteiger partial charge in [-0.2, -0.15) is 0 Å². The van der Waals surface area contributed by atoms with Crippen LogP contribution in [0.4, 0.5) is 11.4 Å². The molecule has 2 aromatic rings. The molecule has 1 aromatic heterocycles. The van der Waals surface area contributed by atoms with Crippen LogP contribution in [-0.4, -0.2) is 18.3 Å². The van der Waals surface area contributed by atoms with Crippen LogP contribution < -0.4 is 10.5 Å². The van der Waals surface area contributed by atoms with Gasteiger partial charge in [-0.15, -0.1) is 0 Å². The maximum atomic E-state index is 12.2. The maximum absolute atomic E-state index is 12.2. The van der Waals surface area contributed by atoms with Crippen LogP contribution in [0.5, 0.6) is 0 Å². The number of benzene rings is 1. The number of hydrogen-bond donors (Lipinski definition) is 2. The first-order valence-corrected chi connectivity index (χ1v) is 7.32. The maximum Gasteiger partial charge on any atom is 0.312 e. The van der Waals surface area contributed by atoms with Gasteiger partial charge in [-0.3, -0.25) is 15.1 Å². The van der Waals surface area contributed by atoms with Crippen molar-refractivity contribution in [1.82, 2.24) is 9.71 Å². The van der Waals surface area contributed by atoms with Gasteiger partial charge in [0.1, 0.15) is 5.69 Å². The van der Waals surface area contributed by atoms with E-state index in [9.17, 15) is 18.5 Å². The highest BCUT2D eigenvalue weighted by atomic mass is 32.2. The van der Waals surface area contributed by atoms with Gasteiger partial charge in [-0.1, -0.05) is 12.1 Å². The zero-order valence-corrected chi connectivity index (χ0v) is 11.6. The molecule has 0 spiro atoms. The largest absolute Gasteiger partial charge is 0.393 e. The molecule has 0 unspecified atom stereocenters. The number of nitrogen functional groups attached to an aromatic ring is 1. The number of nitrogens with two attached hydrogens (primary N) is 1. The van der Waals surface area contributed by atoms with Gasteiger partial charge in [-0.25, -0.2) is 13.1 Å². The number of anilines is 1. The molecule has 21 heavy (non-hydrogen) atoms. The summed E-state index contributed by atoms with van der Waals surface area (Å²) in [6.45, 7) is -0.0743. The smallest absolute Gasteiger partial charge is 0.312 e. The van der Waals surface area contributed by atoms with E-state index < -0.39 is 25.5 Å². The summed E-state index contributed by atoms with van der Waals surface area (Å²) in [4.78, 5) is 13.7. The first kappa shape index (κ1) is 14.9. The van der Waals surface area contributed by atoms with Gasteiger partial charge < -0.3 is 5.73 Å². The van der Waals surface area contributed by atoms with Gasteiger partial charge in [0.2, 0.25) is 10.0 Å². The van der Waals surface area contributed by atoms with E-state index in [1.807, 2.05) is 0 Å². The Balaban J connectivity index is 2.32. The molecule has 1 aromatic carbocycles. The predicted octanol–water partition coefficient (Wildman–Crippen LogP) is 1.05. The number of aromatic nitrogens is 1. The van der Waals surface area contributed by atoms with E-state index in [-0.39, 0.29) is 12.2 Å². The monoisotopic (exact) mass is 308 g/mol. The predicted molar refractivity (Wildman–Crippen MR) is 75.8 cm³/mol. The number of rotatable bonds is 5. The van der Waals surface area contributed by atoms with Crippen LogP contribution in [0.3, 0.4) is 0 Å². The molecule has 8 nitrogen and oxygen atoms in total. The molecule has 0 amide bonds. The van der Waals surface area contributed by atoms with Crippen LogP contribution in [-0.2, 0) is 16.6 Å². The fourth-order valence-corrected chi connectivity index (χ4v) is 2.90. The Bertz CT molecular complexity index is 762. The Morgan fingerprint density at radius 2 is 2.00 bits per heavy atom. The second kappa shape index (κ2) is 5.85. The Hall–Kier alpha value is -2.52. The van der Waals surface area contributed by atoms with E-state index in [0.29, 0.717) is 5.69 Å². The van der Waals surface area contributed by atoms with E-state index >= 15 is 0 Å². The number of para-hydroxylation sites is 1. The molecule has 110 valence electrons. The summed E-state index contributed by atoms with van der Waals surface area (Å²) in [5.41, 5.74) is 5.13. The van der Waals surface area contributed by atoms with E-state index in [1.54, 1.807) is 18.2 Å². The molecular weight excluding hydrogens is 296 g/mol. The van der Waals surface area contributed by atoms with Gasteiger partial charge in [0, 0.05) is 6.20 Å². The van der Waals surface area contributed by atoms with E-state index in [4.69, 9.17) is 5.73 Å². The molecule has 0 bridgehead atoms. The van der Waals surface area contributed by atoms with E-state index in [0.717, 1.165) is 6.07 Å². The molecule has 0 aliphatic rings. The van der Waals surface area contributed by atoms with Crippen molar-refractivity contribution < 1.29 is 13.3 Å². The standard InChI is InChI=1S/C12H12N4O4S/c13-10-5-3-6-11(12(10)16(17)18)21(19,20)15-8-9-4-1-2-7-14-9/h1-7,15H,8,13H2. The van der Waals surface area contributed by atoms with E-state index in [1.165, 1.54) is 18.3 Å². The molecule has 1 heterocycles. The molecule has 0 fully saturated rings. The number of nitro groups is 1. The summed E-state index contributed by atoms with van der Waals surface area (Å²) >= 11 is 0. The highest BCUT2D eigenvalue weighted by Gasteiger charge is 2.27. The fourth-order valence-electron chi connectivity index (χ4n) is 1.70. The van der Waals surface area contributed by atoms with Crippen LogP contribution in [0.2, 0.25) is 0 Å². The summed E-state index contributed by atoms with van der Waals surface area (Å²) in [6.07, 6.45) is 1.52. The zero-order valence-electron chi connectivity index (χ0n) is 10.8. The molecule has 0 radical (unpaired) electrons. The van der Waals surface area contributed by atoms with Gasteiger partial charge in [0.25, 0.3) is 0 Å². The molecule has 2 rings (SSSR count). The number of sulfonamides is 1. The number of nitro benzene ring substituents is 1. The lowest BCUT2D eigenvalue weighted by Gasteiger charge is -2.08. The molecule has 0 atom stereocenters. The minimum absolute atomic E-state index is 0.0743. The highest BCUT2D eigenvalue weighted by molar-refractivity contribution is 7.89. The third-order valence-electron chi connectivity index (χ3n) is 2.67. The second-order valence-electron chi connectivity index (χ2n) is 4.10. The van der Waals surface area contributed by atoms with Crippen molar-refractivity contribution >= 4 is 21.4 Å². The quantitative estimate of drug-likeness (QED) is 0.482. The van der Waals surface area contributed by atoms with Crippen LogP contribution in [0.25, 0.3) is 0 Å².